The third kappa shape index (κ3) is 3.13. The summed E-state index contributed by atoms with van der Waals surface area (Å²) >= 11 is 8.11. The van der Waals surface area contributed by atoms with Gasteiger partial charge in [-0.1, -0.05) is 41.9 Å². The second-order valence-electron chi connectivity index (χ2n) is 5.04. The standard InChI is InChI=1S/C17H18ClNS/c18-15-8-2-1-7-14(15)13-20-17-10-4-3-9-16(17)19-11-5-6-12-19/h1-4,7-10H,5-6,11-13H2. The molecule has 0 bridgehead atoms. The van der Waals surface area contributed by atoms with E-state index in [2.05, 4.69) is 35.2 Å². The number of benzene rings is 2. The smallest absolute Gasteiger partial charge is 0.0504 e. The van der Waals surface area contributed by atoms with Crippen LogP contribution in [0, 0.1) is 0 Å². The predicted octanol–water partition coefficient (Wildman–Crippen LogP) is 5.23. The summed E-state index contributed by atoms with van der Waals surface area (Å²) in [4.78, 5) is 3.85. The Labute approximate surface area is 129 Å². The summed E-state index contributed by atoms with van der Waals surface area (Å²) in [5.41, 5.74) is 2.58. The van der Waals surface area contributed by atoms with Crippen LogP contribution in [0.1, 0.15) is 18.4 Å². The molecule has 1 fully saturated rings. The largest absolute Gasteiger partial charge is 0.371 e. The van der Waals surface area contributed by atoms with Gasteiger partial charge in [0.2, 0.25) is 0 Å². The van der Waals surface area contributed by atoms with Gasteiger partial charge < -0.3 is 4.90 Å². The minimum atomic E-state index is 0.860. The Bertz CT molecular complexity index is 579. The molecule has 0 radical (unpaired) electrons. The Morgan fingerprint density at radius 3 is 2.45 bits per heavy atom. The SMILES string of the molecule is Clc1ccccc1CSc1ccccc1N1CCCC1. The fraction of sp³-hybridized carbons (Fsp3) is 0.294. The summed E-state index contributed by atoms with van der Waals surface area (Å²) < 4.78 is 0. The summed E-state index contributed by atoms with van der Waals surface area (Å²) in [6.07, 6.45) is 2.62. The molecule has 3 rings (SSSR count). The van der Waals surface area contributed by atoms with Gasteiger partial charge in [0.05, 0.1) is 5.69 Å². The van der Waals surface area contributed by atoms with E-state index < -0.39 is 0 Å². The van der Waals surface area contributed by atoms with Gasteiger partial charge in [0.1, 0.15) is 0 Å². The third-order valence-electron chi connectivity index (χ3n) is 3.65. The van der Waals surface area contributed by atoms with Gasteiger partial charge in [0.15, 0.2) is 0 Å². The van der Waals surface area contributed by atoms with Crippen molar-refractivity contribution in [1.82, 2.24) is 0 Å². The lowest BCUT2D eigenvalue weighted by Gasteiger charge is -2.21. The molecule has 0 aliphatic carbocycles. The average molecular weight is 304 g/mol. The summed E-state index contributed by atoms with van der Waals surface area (Å²) in [5, 5.41) is 0.860. The summed E-state index contributed by atoms with van der Waals surface area (Å²) in [5.74, 6) is 0.921. The number of nitrogens with zero attached hydrogens (tertiary/aromatic N) is 1. The van der Waals surface area contributed by atoms with Crippen LogP contribution in [-0.2, 0) is 5.75 Å². The lowest BCUT2D eigenvalue weighted by molar-refractivity contribution is 0.949. The highest BCUT2D eigenvalue weighted by Crippen LogP contribution is 2.34. The van der Waals surface area contributed by atoms with Crippen LogP contribution in [0.3, 0.4) is 0 Å². The van der Waals surface area contributed by atoms with E-state index in [9.17, 15) is 0 Å². The van der Waals surface area contributed by atoms with Crippen molar-refractivity contribution < 1.29 is 0 Å². The lowest BCUT2D eigenvalue weighted by Crippen LogP contribution is -2.18. The Balaban J connectivity index is 1.76. The third-order valence-corrected chi connectivity index (χ3v) is 5.13. The van der Waals surface area contributed by atoms with Gasteiger partial charge in [0, 0.05) is 28.8 Å². The van der Waals surface area contributed by atoms with E-state index in [0.29, 0.717) is 0 Å². The first-order valence-corrected chi connectivity index (χ1v) is 8.41. The zero-order valence-electron chi connectivity index (χ0n) is 11.4. The topological polar surface area (TPSA) is 3.24 Å². The van der Waals surface area contributed by atoms with Gasteiger partial charge in [-0.2, -0.15) is 0 Å². The summed E-state index contributed by atoms with van der Waals surface area (Å²) in [6, 6.07) is 16.8. The van der Waals surface area contributed by atoms with Crippen molar-refractivity contribution >= 4 is 29.1 Å². The molecular formula is C17H18ClNS. The van der Waals surface area contributed by atoms with Crippen LogP contribution in [0.4, 0.5) is 5.69 Å². The molecule has 0 aromatic heterocycles. The first kappa shape index (κ1) is 13.8. The molecule has 3 heteroatoms. The van der Waals surface area contributed by atoms with Crippen LogP contribution in [0.15, 0.2) is 53.4 Å². The molecular weight excluding hydrogens is 286 g/mol. The van der Waals surface area contributed by atoms with Crippen molar-refractivity contribution in [2.45, 2.75) is 23.5 Å². The van der Waals surface area contributed by atoms with E-state index in [1.54, 1.807) is 0 Å². The maximum atomic E-state index is 6.23. The van der Waals surface area contributed by atoms with Crippen LogP contribution in [0.2, 0.25) is 5.02 Å². The van der Waals surface area contributed by atoms with E-state index in [1.807, 2.05) is 30.0 Å². The quantitative estimate of drug-likeness (QED) is 0.711. The van der Waals surface area contributed by atoms with E-state index in [4.69, 9.17) is 11.6 Å². The second kappa shape index (κ2) is 6.55. The number of anilines is 1. The first-order chi connectivity index (χ1) is 9.84. The van der Waals surface area contributed by atoms with Crippen molar-refractivity contribution in [3.05, 3.63) is 59.1 Å². The summed E-state index contributed by atoms with van der Waals surface area (Å²) in [7, 11) is 0. The van der Waals surface area contributed by atoms with Crippen molar-refractivity contribution in [2.24, 2.45) is 0 Å². The Kier molecular flexibility index (Phi) is 4.54. The van der Waals surface area contributed by atoms with Crippen molar-refractivity contribution in [1.29, 1.82) is 0 Å². The second-order valence-corrected chi connectivity index (χ2v) is 6.47. The minimum Gasteiger partial charge on any atom is -0.371 e. The fourth-order valence-corrected chi connectivity index (χ4v) is 3.93. The molecule has 2 aromatic rings. The van der Waals surface area contributed by atoms with Crippen LogP contribution in [0.25, 0.3) is 0 Å². The Morgan fingerprint density at radius 1 is 0.950 bits per heavy atom. The van der Waals surface area contributed by atoms with Gasteiger partial charge in [0.25, 0.3) is 0 Å². The fourth-order valence-electron chi connectivity index (χ4n) is 2.57. The molecule has 0 spiro atoms. The molecule has 1 nitrogen and oxygen atoms in total. The molecule has 1 aliphatic heterocycles. The number of thioether (sulfide) groups is 1. The minimum absolute atomic E-state index is 0.860. The van der Waals surface area contributed by atoms with Crippen molar-refractivity contribution in [2.75, 3.05) is 18.0 Å². The summed E-state index contributed by atoms with van der Waals surface area (Å²) in [6.45, 7) is 2.37. The zero-order chi connectivity index (χ0) is 13.8. The molecule has 0 atom stereocenters. The van der Waals surface area contributed by atoms with Crippen LogP contribution < -0.4 is 4.90 Å². The zero-order valence-corrected chi connectivity index (χ0v) is 13.0. The van der Waals surface area contributed by atoms with E-state index in [1.165, 1.54) is 42.1 Å². The molecule has 0 amide bonds. The molecule has 104 valence electrons. The number of hydrogen-bond donors (Lipinski definition) is 0. The highest BCUT2D eigenvalue weighted by atomic mass is 35.5. The van der Waals surface area contributed by atoms with Crippen LogP contribution in [0.5, 0.6) is 0 Å². The van der Waals surface area contributed by atoms with E-state index in [0.717, 1.165) is 10.8 Å². The number of rotatable bonds is 4. The van der Waals surface area contributed by atoms with Gasteiger partial charge in [-0.15, -0.1) is 11.8 Å². The molecule has 1 heterocycles. The predicted molar refractivity (Wildman–Crippen MR) is 88.9 cm³/mol. The Morgan fingerprint density at radius 2 is 1.65 bits per heavy atom. The molecule has 20 heavy (non-hydrogen) atoms. The molecule has 2 aromatic carbocycles. The first-order valence-electron chi connectivity index (χ1n) is 7.05. The highest BCUT2D eigenvalue weighted by Gasteiger charge is 2.15. The van der Waals surface area contributed by atoms with Gasteiger partial charge in [-0.25, -0.2) is 0 Å². The van der Waals surface area contributed by atoms with Gasteiger partial charge in [-0.05, 0) is 36.6 Å². The van der Waals surface area contributed by atoms with Crippen LogP contribution in [-0.4, -0.2) is 13.1 Å². The lowest BCUT2D eigenvalue weighted by atomic mass is 10.2. The van der Waals surface area contributed by atoms with Gasteiger partial charge >= 0.3 is 0 Å². The monoisotopic (exact) mass is 303 g/mol. The molecule has 0 N–H and O–H groups in total. The normalized spacial score (nSPS) is 14.8. The Hall–Kier alpha value is -1.12. The molecule has 0 unspecified atom stereocenters. The van der Waals surface area contributed by atoms with E-state index in [-0.39, 0.29) is 0 Å². The molecule has 1 saturated heterocycles. The van der Waals surface area contributed by atoms with Gasteiger partial charge in [-0.3, -0.25) is 0 Å². The highest BCUT2D eigenvalue weighted by molar-refractivity contribution is 7.98. The number of halogens is 1. The number of hydrogen-bond acceptors (Lipinski definition) is 2. The molecule has 0 saturated carbocycles. The van der Waals surface area contributed by atoms with E-state index >= 15 is 0 Å². The maximum absolute atomic E-state index is 6.23. The van der Waals surface area contributed by atoms with Crippen molar-refractivity contribution in [3.63, 3.8) is 0 Å². The average Bonchev–Trinajstić information content (AvgIpc) is 3.01. The molecule has 1 aliphatic rings. The van der Waals surface area contributed by atoms with Crippen molar-refractivity contribution in [3.8, 4) is 0 Å². The maximum Gasteiger partial charge on any atom is 0.0504 e. The van der Waals surface area contributed by atoms with Crippen LogP contribution >= 0.6 is 23.4 Å². The number of para-hydroxylation sites is 1.